The molecule has 0 unspecified atom stereocenters. The summed E-state index contributed by atoms with van der Waals surface area (Å²) >= 11 is 0. The van der Waals surface area contributed by atoms with Gasteiger partial charge in [0.2, 0.25) is 20.0 Å². The molecule has 0 spiro atoms. The van der Waals surface area contributed by atoms with E-state index in [0.29, 0.717) is 0 Å². The Kier molecular flexibility index (Phi) is 6.50. The maximum Gasteiger partial charge on any atom is 0.240 e. The van der Waals surface area contributed by atoms with Gasteiger partial charge in [0.05, 0.1) is 11.2 Å². The minimum absolute atomic E-state index is 0.0335. The maximum atomic E-state index is 12.6. The van der Waals surface area contributed by atoms with Gasteiger partial charge in [-0.25, -0.2) is 21.6 Å². The Labute approximate surface area is 185 Å². The van der Waals surface area contributed by atoms with Gasteiger partial charge in [0.1, 0.15) is 0 Å². The second-order valence-electron chi connectivity index (χ2n) is 8.26. The highest BCUT2D eigenvalue weighted by atomic mass is 32.2. The lowest BCUT2D eigenvalue weighted by Crippen LogP contribution is -2.51. The largest absolute Gasteiger partial charge is 0.296 e. The van der Waals surface area contributed by atoms with E-state index in [-0.39, 0.29) is 30.1 Å². The molecule has 1 saturated heterocycles. The molecule has 1 fully saturated rings. The van der Waals surface area contributed by atoms with Crippen molar-refractivity contribution in [2.45, 2.75) is 36.2 Å². The van der Waals surface area contributed by atoms with E-state index < -0.39 is 20.0 Å². The molecule has 0 aromatic heterocycles. The lowest BCUT2D eigenvalue weighted by Gasteiger charge is -2.45. The van der Waals surface area contributed by atoms with E-state index in [1.165, 1.54) is 33.8 Å². The van der Waals surface area contributed by atoms with Crippen molar-refractivity contribution in [3.05, 3.63) is 65.7 Å². The quantitative estimate of drug-likeness (QED) is 0.679. The summed E-state index contributed by atoms with van der Waals surface area (Å²) in [6, 6.07) is 16.6. The van der Waals surface area contributed by atoms with Crippen molar-refractivity contribution in [1.82, 2.24) is 13.9 Å². The molecule has 0 radical (unpaired) electrons. The summed E-state index contributed by atoms with van der Waals surface area (Å²) in [5, 5.41) is 0. The van der Waals surface area contributed by atoms with Gasteiger partial charge in [0, 0.05) is 38.3 Å². The highest BCUT2D eigenvalue weighted by molar-refractivity contribution is 7.89. The van der Waals surface area contributed by atoms with E-state index in [9.17, 15) is 16.8 Å². The highest BCUT2D eigenvalue weighted by Crippen LogP contribution is 2.38. The van der Waals surface area contributed by atoms with Crippen LogP contribution in [0.3, 0.4) is 0 Å². The molecule has 1 N–H and O–H groups in total. The van der Waals surface area contributed by atoms with Crippen molar-refractivity contribution < 1.29 is 16.8 Å². The molecule has 2 aliphatic rings. The fourth-order valence-corrected chi connectivity index (χ4v) is 6.99. The molecular weight excluding hydrogens is 434 g/mol. The van der Waals surface area contributed by atoms with Crippen LogP contribution in [0.25, 0.3) is 0 Å². The van der Waals surface area contributed by atoms with Crippen LogP contribution >= 0.6 is 0 Å². The second kappa shape index (κ2) is 8.99. The Bertz CT molecular complexity index is 1120. The number of hydrogen-bond acceptors (Lipinski definition) is 5. The predicted octanol–water partition coefficient (Wildman–Crippen LogP) is 1.99. The fraction of sp³-hybridized carbons (Fsp3) is 0.455. The molecule has 168 valence electrons. The SMILES string of the molecule is CS(=O)(=O)N(CCNS(=O)(=O)c1ccccc1)[C@H]1CCN2CCc3ccccc3[C@@H]2C1. The molecule has 2 aliphatic heterocycles. The highest BCUT2D eigenvalue weighted by Gasteiger charge is 2.38. The predicted molar refractivity (Wildman–Crippen MR) is 121 cm³/mol. The van der Waals surface area contributed by atoms with Crippen LogP contribution in [-0.4, -0.2) is 64.5 Å². The second-order valence-corrected chi connectivity index (χ2v) is 12.0. The summed E-state index contributed by atoms with van der Waals surface area (Å²) in [4.78, 5) is 2.62. The summed E-state index contributed by atoms with van der Waals surface area (Å²) in [5.74, 6) is 0. The molecule has 0 bridgehead atoms. The average molecular weight is 464 g/mol. The normalized spacial score (nSPS) is 22.1. The van der Waals surface area contributed by atoms with Crippen LogP contribution in [-0.2, 0) is 26.5 Å². The smallest absolute Gasteiger partial charge is 0.240 e. The molecule has 2 heterocycles. The molecular formula is C22H29N3O4S2. The van der Waals surface area contributed by atoms with E-state index in [0.717, 1.165) is 32.4 Å². The Morgan fingerprint density at radius 2 is 1.71 bits per heavy atom. The van der Waals surface area contributed by atoms with Crippen molar-refractivity contribution >= 4 is 20.0 Å². The van der Waals surface area contributed by atoms with Crippen LogP contribution in [0.1, 0.15) is 30.0 Å². The Morgan fingerprint density at radius 3 is 2.45 bits per heavy atom. The van der Waals surface area contributed by atoms with Gasteiger partial charge in [-0.05, 0) is 42.5 Å². The third-order valence-electron chi connectivity index (χ3n) is 6.28. The summed E-state index contributed by atoms with van der Waals surface area (Å²) in [7, 11) is -7.15. The number of sulfonamides is 2. The number of rotatable bonds is 7. The van der Waals surface area contributed by atoms with Gasteiger partial charge >= 0.3 is 0 Å². The number of piperidine rings is 1. The Balaban J connectivity index is 1.47. The maximum absolute atomic E-state index is 12.6. The minimum Gasteiger partial charge on any atom is -0.296 e. The van der Waals surface area contributed by atoms with Gasteiger partial charge in [-0.15, -0.1) is 0 Å². The van der Waals surface area contributed by atoms with Crippen LogP contribution in [0.15, 0.2) is 59.5 Å². The molecule has 9 heteroatoms. The van der Waals surface area contributed by atoms with Crippen LogP contribution in [0.5, 0.6) is 0 Å². The van der Waals surface area contributed by atoms with Crippen LogP contribution in [0.4, 0.5) is 0 Å². The number of nitrogens with zero attached hydrogens (tertiary/aromatic N) is 2. The summed E-state index contributed by atoms with van der Waals surface area (Å²) < 4.78 is 54.2. The monoisotopic (exact) mass is 463 g/mol. The summed E-state index contributed by atoms with van der Waals surface area (Å²) in [6.07, 6.45) is 3.70. The van der Waals surface area contributed by atoms with E-state index >= 15 is 0 Å². The van der Waals surface area contributed by atoms with Crippen LogP contribution in [0, 0.1) is 0 Å². The number of hydrogen-bond donors (Lipinski definition) is 1. The molecule has 2 aromatic rings. The first kappa shape index (κ1) is 22.4. The van der Waals surface area contributed by atoms with E-state index in [1.807, 2.05) is 6.07 Å². The van der Waals surface area contributed by atoms with Crippen LogP contribution < -0.4 is 4.72 Å². The first-order valence-corrected chi connectivity index (χ1v) is 13.9. The first-order valence-electron chi connectivity index (χ1n) is 10.6. The molecule has 0 amide bonds. The molecule has 7 nitrogen and oxygen atoms in total. The Hall–Kier alpha value is -1.78. The molecule has 0 saturated carbocycles. The summed E-state index contributed by atoms with van der Waals surface area (Å²) in [5.41, 5.74) is 2.63. The van der Waals surface area contributed by atoms with Crippen molar-refractivity contribution in [2.75, 3.05) is 32.4 Å². The summed E-state index contributed by atoms with van der Waals surface area (Å²) in [6.45, 7) is 1.98. The Morgan fingerprint density at radius 1 is 1.00 bits per heavy atom. The molecule has 2 atom stereocenters. The van der Waals surface area contributed by atoms with Crippen molar-refractivity contribution in [3.8, 4) is 0 Å². The molecule has 2 aromatic carbocycles. The fourth-order valence-electron chi connectivity index (χ4n) is 4.79. The molecule has 0 aliphatic carbocycles. The van der Waals surface area contributed by atoms with E-state index in [2.05, 4.69) is 27.8 Å². The third-order valence-corrected chi connectivity index (χ3v) is 9.09. The zero-order chi connectivity index (χ0) is 22.1. The first-order chi connectivity index (χ1) is 14.8. The number of fused-ring (bicyclic) bond motifs is 3. The minimum atomic E-state index is -3.67. The van der Waals surface area contributed by atoms with Gasteiger partial charge in [0.15, 0.2) is 0 Å². The standard InChI is InChI=1S/C22H29N3O4S2/c1-30(26,27)25(16-13-23-31(28,29)20-8-3-2-4-9-20)19-12-15-24-14-11-18-7-5-6-10-21(18)22(24)17-19/h2-10,19,22-23H,11-17H2,1H3/t19-,22-/m0/s1. The van der Waals surface area contributed by atoms with Gasteiger partial charge in [-0.3, -0.25) is 4.90 Å². The zero-order valence-corrected chi connectivity index (χ0v) is 19.3. The van der Waals surface area contributed by atoms with Gasteiger partial charge in [0.25, 0.3) is 0 Å². The average Bonchev–Trinajstić information content (AvgIpc) is 2.76. The van der Waals surface area contributed by atoms with Crippen LogP contribution in [0.2, 0.25) is 0 Å². The topological polar surface area (TPSA) is 86.8 Å². The van der Waals surface area contributed by atoms with Crippen molar-refractivity contribution in [1.29, 1.82) is 0 Å². The molecule has 31 heavy (non-hydrogen) atoms. The van der Waals surface area contributed by atoms with E-state index in [4.69, 9.17) is 0 Å². The lowest BCUT2D eigenvalue weighted by molar-refractivity contribution is 0.0913. The van der Waals surface area contributed by atoms with E-state index in [1.54, 1.807) is 18.2 Å². The van der Waals surface area contributed by atoms with Crippen molar-refractivity contribution in [2.24, 2.45) is 0 Å². The third kappa shape index (κ3) is 5.01. The van der Waals surface area contributed by atoms with Gasteiger partial charge < -0.3 is 0 Å². The van der Waals surface area contributed by atoms with Gasteiger partial charge in [-0.1, -0.05) is 42.5 Å². The molecule has 4 rings (SSSR count). The lowest BCUT2D eigenvalue weighted by atomic mass is 9.85. The zero-order valence-electron chi connectivity index (χ0n) is 17.6. The van der Waals surface area contributed by atoms with Crippen molar-refractivity contribution in [3.63, 3.8) is 0 Å². The number of benzene rings is 2. The number of nitrogens with one attached hydrogen (secondary N) is 1. The van der Waals surface area contributed by atoms with Gasteiger partial charge in [-0.2, -0.15) is 4.31 Å².